The van der Waals surface area contributed by atoms with Gasteiger partial charge in [-0.1, -0.05) is 0 Å². The number of benzene rings is 4. The van der Waals surface area contributed by atoms with Gasteiger partial charge in [-0.2, -0.15) is 0 Å². The first-order valence-corrected chi connectivity index (χ1v) is 23.4. The molecule has 4 rings (SSSR count). The van der Waals surface area contributed by atoms with Gasteiger partial charge in [-0.3, -0.25) is 0 Å². The zero-order chi connectivity index (χ0) is 30.8. The van der Waals surface area contributed by atoms with Crippen LogP contribution in [0.3, 0.4) is 0 Å². The van der Waals surface area contributed by atoms with Gasteiger partial charge in [0.1, 0.15) is 0 Å². The van der Waals surface area contributed by atoms with E-state index in [9.17, 15) is 0 Å². The monoisotopic (exact) mass is 708 g/mol. The minimum atomic E-state index is -1.96. The number of aryl methyl sites for hydroxylation is 12. The Balaban J connectivity index is 0.000000226. The van der Waals surface area contributed by atoms with Gasteiger partial charge in [-0.25, -0.2) is 0 Å². The Kier molecular flexibility index (Phi) is 11.9. The fraction of sp³-hybridized carbons (Fsp3) is 0.351. The van der Waals surface area contributed by atoms with Crippen LogP contribution in [0.2, 0.25) is 0 Å². The van der Waals surface area contributed by atoms with Crippen molar-refractivity contribution in [1.29, 1.82) is 0 Å². The molecule has 0 saturated heterocycles. The Morgan fingerprint density at radius 1 is 0.390 bits per heavy atom. The van der Waals surface area contributed by atoms with Gasteiger partial charge in [0.25, 0.3) is 0 Å². The molecule has 0 N–H and O–H groups in total. The zero-order valence-corrected chi connectivity index (χ0v) is 32.8. The first-order valence-electron chi connectivity index (χ1n) is 14.4. The number of rotatable bonds is 5. The van der Waals surface area contributed by atoms with Gasteiger partial charge in [-0.05, 0) is 0 Å². The molecule has 4 aromatic rings. The van der Waals surface area contributed by atoms with Crippen LogP contribution in [0.5, 0.6) is 0 Å². The van der Waals surface area contributed by atoms with Crippen molar-refractivity contribution in [3.63, 3.8) is 0 Å². The molecule has 2 radical (unpaired) electrons. The van der Waals surface area contributed by atoms with Crippen LogP contribution in [0.15, 0.2) is 48.5 Å². The molecule has 0 spiro atoms. The summed E-state index contributed by atoms with van der Waals surface area (Å²) in [7, 11) is 7.02. The van der Waals surface area contributed by atoms with Crippen LogP contribution in [0.25, 0.3) is 0 Å². The second-order valence-electron chi connectivity index (χ2n) is 12.0. The summed E-state index contributed by atoms with van der Waals surface area (Å²) in [6.07, 6.45) is 0. The normalized spacial score (nSPS) is 11.2. The third-order valence-electron chi connectivity index (χ3n) is 7.88. The van der Waals surface area contributed by atoms with Crippen LogP contribution in [-0.2, 0) is 0 Å². The molecule has 4 aromatic carbocycles. The quantitative estimate of drug-likeness (QED) is 0.147. The topological polar surface area (TPSA) is 0 Å². The Bertz CT molecular complexity index is 1360. The van der Waals surface area contributed by atoms with Crippen LogP contribution in [0.1, 0.15) is 66.8 Å². The average molecular weight is 707 g/mol. The molecule has 216 valence electrons. The van der Waals surface area contributed by atoms with E-state index in [0.717, 1.165) is 4.71 Å². The van der Waals surface area contributed by atoms with Crippen molar-refractivity contribution < 1.29 is 0 Å². The van der Waals surface area contributed by atoms with E-state index in [1.807, 2.05) is 0 Å². The van der Waals surface area contributed by atoms with Crippen molar-refractivity contribution in [3.05, 3.63) is 115 Å². The zero-order valence-electron chi connectivity index (χ0n) is 27.1. The Labute approximate surface area is 268 Å². The third-order valence-corrected chi connectivity index (χ3v) is 22.8. The van der Waals surface area contributed by atoms with E-state index < -0.39 is 27.8 Å². The second kappa shape index (κ2) is 14.3. The summed E-state index contributed by atoms with van der Waals surface area (Å²) in [5.74, 6) is 0. The molecule has 0 aromatic heterocycles. The van der Waals surface area contributed by atoms with Gasteiger partial charge in [0.05, 0.1) is 0 Å². The number of halogens is 2. The molecular weight excluding hydrogens is 661 g/mol. The fourth-order valence-electron chi connectivity index (χ4n) is 6.75. The molecule has 0 aliphatic carbocycles. The van der Waals surface area contributed by atoms with Gasteiger partial charge in [0, 0.05) is 0 Å². The van der Waals surface area contributed by atoms with Gasteiger partial charge >= 0.3 is 270 Å². The van der Waals surface area contributed by atoms with Crippen LogP contribution in [0.4, 0.5) is 0 Å². The first kappa shape index (κ1) is 34.0. The number of alkyl halides is 1. The van der Waals surface area contributed by atoms with E-state index in [0.29, 0.717) is 0 Å². The summed E-state index contributed by atoms with van der Waals surface area (Å²) in [6.45, 7) is 26.4. The predicted octanol–water partition coefficient (Wildman–Crippen LogP) is 7.81. The Morgan fingerprint density at radius 3 is 0.780 bits per heavy atom. The van der Waals surface area contributed by atoms with Gasteiger partial charge < -0.3 is 0 Å². The molecule has 0 aliphatic rings. The van der Waals surface area contributed by atoms with Crippen molar-refractivity contribution in [2.75, 3.05) is 4.71 Å². The SMILES string of the molecule is Cc1cc(C)[c]([Ge]([CH2]Cl)[c]2c(C)cc(C)cc2C)c(C)c1.Cc1cc(C)[c]([Ge]([Cl])[c]2c(C)cc(C)cc2C)c(C)c1. The molecule has 0 atom stereocenters. The minimum absolute atomic E-state index is 0.787. The van der Waals surface area contributed by atoms with Crippen molar-refractivity contribution in [1.82, 2.24) is 0 Å². The molecule has 0 heterocycles. The molecule has 4 heteroatoms. The van der Waals surface area contributed by atoms with Gasteiger partial charge in [-0.15, -0.1) is 0 Å². The summed E-state index contributed by atoms with van der Waals surface area (Å²) >= 11 is 2.83. The summed E-state index contributed by atoms with van der Waals surface area (Å²) < 4.78 is 6.76. The van der Waals surface area contributed by atoms with Crippen molar-refractivity contribution in [2.24, 2.45) is 0 Å². The summed E-state index contributed by atoms with van der Waals surface area (Å²) in [5.41, 5.74) is 16.4. The van der Waals surface area contributed by atoms with Crippen LogP contribution < -0.4 is 17.6 Å². The van der Waals surface area contributed by atoms with E-state index in [1.54, 1.807) is 8.79 Å². The fourth-order valence-corrected chi connectivity index (χ4v) is 21.0. The molecule has 0 unspecified atom stereocenters. The van der Waals surface area contributed by atoms with Crippen molar-refractivity contribution >= 4 is 67.0 Å². The van der Waals surface area contributed by atoms with E-state index in [-0.39, 0.29) is 0 Å². The first-order chi connectivity index (χ1) is 19.2. The van der Waals surface area contributed by atoms with Gasteiger partial charge in [0.15, 0.2) is 0 Å². The number of hydrogen-bond donors (Lipinski definition) is 0. The van der Waals surface area contributed by atoms with Crippen LogP contribution >= 0.6 is 21.6 Å². The predicted molar refractivity (Wildman–Crippen MR) is 189 cm³/mol. The van der Waals surface area contributed by atoms with Crippen molar-refractivity contribution in [3.8, 4) is 0 Å². The maximum absolute atomic E-state index is 7.02. The number of hydrogen-bond acceptors (Lipinski definition) is 0. The van der Waals surface area contributed by atoms with Crippen LogP contribution in [-0.4, -0.2) is 32.5 Å². The Hall–Kier alpha value is -1.45. The summed E-state index contributed by atoms with van der Waals surface area (Å²) in [5, 5.41) is 0. The van der Waals surface area contributed by atoms with Crippen molar-refractivity contribution in [2.45, 2.75) is 83.1 Å². The molecule has 0 nitrogen and oxygen atoms in total. The molecule has 0 amide bonds. The summed E-state index contributed by atoms with van der Waals surface area (Å²) in [6, 6.07) is 18.3. The maximum atomic E-state index is 7.02. The van der Waals surface area contributed by atoms with E-state index >= 15 is 0 Å². The molecule has 0 bridgehead atoms. The molecule has 0 fully saturated rings. The average Bonchev–Trinajstić information content (AvgIpc) is 2.81. The van der Waals surface area contributed by atoms with E-state index in [4.69, 9.17) is 21.6 Å². The standard InChI is InChI=1S/C19H24ClGe.C18H22ClGe/c1-12-7-14(3)18(15(4)8-12)21(11-20)19-16(5)9-13(2)10-17(19)6;1-11-7-13(3)17(14(4)8-11)20(19)18-15(5)9-12(2)10-16(18)6/h7-10H,11H2,1-6H3;7-10H,1-6H3. The molecule has 0 saturated carbocycles. The molecule has 41 heavy (non-hydrogen) atoms. The summed E-state index contributed by atoms with van der Waals surface area (Å²) in [4.78, 5) is 0. The second-order valence-corrected chi connectivity index (χ2v) is 23.5. The van der Waals surface area contributed by atoms with Crippen LogP contribution in [0, 0.1) is 83.1 Å². The molecule has 0 aliphatic heterocycles. The molecular formula is C37H46Cl2Ge2. The Morgan fingerprint density at radius 2 is 0.585 bits per heavy atom. The van der Waals surface area contributed by atoms with E-state index in [1.165, 1.54) is 75.6 Å². The van der Waals surface area contributed by atoms with E-state index in [2.05, 4.69) is 132 Å². The van der Waals surface area contributed by atoms with Gasteiger partial charge in [0.2, 0.25) is 0 Å². The third kappa shape index (κ3) is 7.94.